The van der Waals surface area contributed by atoms with Gasteiger partial charge in [-0.1, -0.05) is 27.7 Å². The van der Waals surface area contributed by atoms with E-state index in [0.717, 1.165) is 12.8 Å². The van der Waals surface area contributed by atoms with Crippen molar-refractivity contribution in [3.05, 3.63) is 0 Å². The number of carbonyl (C=O) groups excluding carboxylic acids is 1. The van der Waals surface area contributed by atoms with Crippen LogP contribution in [0.4, 0.5) is 0 Å². The van der Waals surface area contributed by atoms with Gasteiger partial charge in [0.15, 0.2) is 0 Å². The summed E-state index contributed by atoms with van der Waals surface area (Å²) in [6.07, 6.45) is 1.91. The summed E-state index contributed by atoms with van der Waals surface area (Å²) in [5.74, 6) is 1.37. The van der Waals surface area contributed by atoms with Gasteiger partial charge in [0.25, 0.3) is 0 Å². The Morgan fingerprint density at radius 3 is 2.09 bits per heavy atom. The molecule has 11 heavy (non-hydrogen) atoms. The summed E-state index contributed by atoms with van der Waals surface area (Å²) in [4.78, 5) is 11.2. The first-order valence-corrected chi connectivity index (χ1v) is 4.45. The zero-order valence-electron chi connectivity index (χ0n) is 7.98. The molecule has 1 aliphatic rings. The molecule has 2 atom stereocenters. The highest BCUT2D eigenvalue weighted by Gasteiger charge is 2.38. The van der Waals surface area contributed by atoms with E-state index in [2.05, 4.69) is 27.7 Å². The molecular weight excluding hydrogens is 136 g/mol. The van der Waals surface area contributed by atoms with Gasteiger partial charge in [0, 0.05) is 12.3 Å². The quantitative estimate of drug-likeness (QED) is 0.524. The van der Waals surface area contributed by atoms with Crippen molar-refractivity contribution in [1.29, 1.82) is 0 Å². The molecule has 0 aliphatic heterocycles. The average Bonchev–Trinajstić information content (AvgIpc) is 2.11. The Bertz CT molecular complexity index is 164. The molecule has 0 heterocycles. The monoisotopic (exact) mass is 154 g/mol. The molecule has 0 N–H and O–H groups in total. The van der Waals surface area contributed by atoms with Crippen molar-refractivity contribution in [2.45, 2.75) is 40.5 Å². The Kier molecular flexibility index (Phi) is 2.08. The van der Waals surface area contributed by atoms with Gasteiger partial charge in [0.2, 0.25) is 0 Å². The second-order valence-electron chi connectivity index (χ2n) is 4.77. The lowest BCUT2D eigenvalue weighted by atomic mass is 9.75. The van der Waals surface area contributed by atoms with Crippen molar-refractivity contribution in [3.8, 4) is 0 Å². The van der Waals surface area contributed by atoms with Crippen LogP contribution in [0.25, 0.3) is 0 Å². The van der Waals surface area contributed by atoms with Crippen molar-refractivity contribution in [2.24, 2.45) is 17.3 Å². The lowest BCUT2D eigenvalue weighted by Crippen LogP contribution is -2.24. The molecule has 0 spiro atoms. The largest absolute Gasteiger partial charge is 0.299 e. The first-order chi connectivity index (χ1) is 4.93. The molecule has 1 nitrogen and oxygen atoms in total. The SMILES string of the molecule is CC1C(=O)CCC1C(C)(C)C. The van der Waals surface area contributed by atoms with Crippen LogP contribution < -0.4 is 0 Å². The van der Waals surface area contributed by atoms with Crippen LogP contribution in [0.15, 0.2) is 0 Å². The van der Waals surface area contributed by atoms with E-state index in [4.69, 9.17) is 0 Å². The highest BCUT2D eigenvalue weighted by atomic mass is 16.1. The van der Waals surface area contributed by atoms with Gasteiger partial charge >= 0.3 is 0 Å². The first kappa shape index (κ1) is 8.76. The van der Waals surface area contributed by atoms with Crippen molar-refractivity contribution in [3.63, 3.8) is 0 Å². The maximum absolute atomic E-state index is 11.2. The van der Waals surface area contributed by atoms with Crippen LogP contribution in [0.5, 0.6) is 0 Å². The van der Waals surface area contributed by atoms with Crippen molar-refractivity contribution >= 4 is 5.78 Å². The third-order valence-corrected chi connectivity index (χ3v) is 2.93. The predicted molar refractivity (Wildman–Crippen MR) is 46.4 cm³/mol. The molecule has 0 amide bonds. The van der Waals surface area contributed by atoms with E-state index >= 15 is 0 Å². The maximum Gasteiger partial charge on any atom is 0.136 e. The van der Waals surface area contributed by atoms with Crippen LogP contribution in [0.1, 0.15) is 40.5 Å². The van der Waals surface area contributed by atoms with E-state index in [1.807, 2.05) is 0 Å². The summed E-state index contributed by atoms with van der Waals surface area (Å²) in [7, 11) is 0. The molecule has 0 aromatic heterocycles. The minimum Gasteiger partial charge on any atom is -0.299 e. The van der Waals surface area contributed by atoms with Gasteiger partial charge in [-0.25, -0.2) is 0 Å². The molecule has 0 aromatic rings. The lowest BCUT2D eigenvalue weighted by molar-refractivity contribution is -0.121. The van der Waals surface area contributed by atoms with Crippen LogP contribution in [0, 0.1) is 17.3 Å². The van der Waals surface area contributed by atoms with E-state index < -0.39 is 0 Å². The van der Waals surface area contributed by atoms with Gasteiger partial charge in [-0.2, -0.15) is 0 Å². The standard InChI is InChI=1S/C10H18O/c1-7-8(10(2,3)4)5-6-9(7)11/h7-8H,5-6H2,1-4H3. The predicted octanol–water partition coefficient (Wildman–Crippen LogP) is 2.65. The molecule has 1 aliphatic carbocycles. The molecule has 1 rings (SSSR count). The lowest BCUT2D eigenvalue weighted by Gasteiger charge is -2.29. The summed E-state index contributed by atoms with van der Waals surface area (Å²) in [5.41, 5.74) is 0.311. The number of carbonyl (C=O) groups is 1. The summed E-state index contributed by atoms with van der Waals surface area (Å²) in [6.45, 7) is 8.76. The van der Waals surface area contributed by atoms with Crippen LogP contribution in [0.3, 0.4) is 0 Å². The maximum atomic E-state index is 11.2. The molecule has 1 saturated carbocycles. The van der Waals surface area contributed by atoms with Crippen LogP contribution in [-0.2, 0) is 4.79 Å². The van der Waals surface area contributed by atoms with E-state index in [9.17, 15) is 4.79 Å². The molecule has 64 valence electrons. The summed E-state index contributed by atoms with van der Waals surface area (Å²) >= 11 is 0. The van der Waals surface area contributed by atoms with Crippen LogP contribution >= 0.6 is 0 Å². The summed E-state index contributed by atoms with van der Waals surface area (Å²) in [6, 6.07) is 0. The van der Waals surface area contributed by atoms with E-state index in [1.165, 1.54) is 0 Å². The number of hydrogen-bond acceptors (Lipinski definition) is 1. The van der Waals surface area contributed by atoms with E-state index in [0.29, 0.717) is 23.0 Å². The number of rotatable bonds is 0. The van der Waals surface area contributed by atoms with Gasteiger partial charge in [0.05, 0.1) is 0 Å². The third-order valence-electron chi connectivity index (χ3n) is 2.93. The second-order valence-corrected chi connectivity index (χ2v) is 4.77. The zero-order chi connectivity index (χ0) is 8.65. The smallest absolute Gasteiger partial charge is 0.136 e. The summed E-state index contributed by atoms with van der Waals surface area (Å²) < 4.78 is 0. The average molecular weight is 154 g/mol. The minimum absolute atomic E-state index is 0.301. The molecule has 2 unspecified atom stereocenters. The Morgan fingerprint density at radius 2 is 1.91 bits per heavy atom. The Morgan fingerprint density at radius 1 is 1.36 bits per heavy atom. The van der Waals surface area contributed by atoms with E-state index in [-0.39, 0.29) is 0 Å². The Balaban J connectivity index is 2.70. The first-order valence-electron chi connectivity index (χ1n) is 4.45. The normalized spacial score (nSPS) is 32.9. The van der Waals surface area contributed by atoms with Gasteiger partial charge in [0.1, 0.15) is 5.78 Å². The molecule has 1 heteroatoms. The Labute approximate surface area is 69.2 Å². The third kappa shape index (κ3) is 1.63. The highest BCUT2D eigenvalue weighted by Crippen LogP contribution is 2.41. The fraction of sp³-hybridized carbons (Fsp3) is 0.900. The minimum atomic E-state index is 0.301. The second kappa shape index (κ2) is 2.62. The molecule has 0 saturated heterocycles. The van der Waals surface area contributed by atoms with Gasteiger partial charge in [-0.3, -0.25) is 4.79 Å². The van der Waals surface area contributed by atoms with Crippen molar-refractivity contribution in [2.75, 3.05) is 0 Å². The molecule has 0 bridgehead atoms. The van der Waals surface area contributed by atoms with Gasteiger partial charge < -0.3 is 0 Å². The zero-order valence-corrected chi connectivity index (χ0v) is 7.98. The van der Waals surface area contributed by atoms with E-state index in [1.54, 1.807) is 0 Å². The van der Waals surface area contributed by atoms with Gasteiger partial charge in [-0.15, -0.1) is 0 Å². The van der Waals surface area contributed by atoms with Crippen LogP contribution in [0.2, 0.25) is 0 Å². The highest BCUT2D eigenvalue weighted by molar-refractivity contribution is 5.83. The molecule has 0 aromatic carbocycles. The fourth-order valence-electron chi connectivity index (χ4n) is 2.18. The number of ketones is 1. The van der Waals surface area contributed by atoms with Gasteiger partial charge in [-0.05, 0) is 17.8 Å². The van der Waals surface area contributed by atoms with Crippen molar-refractivity contribution in [1.82, 2.24) is 0 Å². The molecule has 1 fully saturated rings. The fourth-order valence-corrected chi connectivity index (χ4v) is 2.18. The summed E-state index contributed by atoms with van der Waals surface area (Å²) in [5, 5.41) is 0. The molecule has 0 radical (unpaired) electrons. The van der Waals surface area contributed by atoms with Crippen molar-refractivity contribution < 1.29 is 4.79 Å². The Hall–Kier alpha value is -0.330. The molecular formula is C10H18O. The number of Topliss-reactive ketones (excluding diaryl/α,β-unsaturated/α-hetero) is 1. The number of hydrogen-bond donors (Lipinski definition) is 0. The van der Waals surface area contributed by atoms with Crippen LogP contribution in [-0.4, -0.2) is 5.78 Å². The topological polar surface area (TPSA) is 17.1 Å².